The third kappa shape index (κ3) is 9.80. The average molecular weight is 446 g/mol. The molecule has 4 amide bonds. The second-order valence-electron chi connectivity index (χ2n) is 6.99. The van der Waals surface area contributed by atoms with Gasteiger partial charge in [-0.2, -0.15) is 0 Å². The minimum absolute atomic E-state index is 0.0852. The molecule has 0 aliphatic carbocycles. The average Bonchev–Trinajstić information content (AvgIpc) is 2.75. The van der Waals surface area contributed by atoms with Crippen molar-refractivity contribution in [3.63, 3.8) is 0 Å². The predicted molar refractivity (Wildman–Crippen MR) is 113 cm³/mol. The number of ketones is 1. The van der Waals surface area contributed by atoms with Gasteiger partial charge in [0.15, 0.2) is 5.78 Å². The monoisotopic (exact) mass is 445 g/mol. The lowest BCUT2D eigenvalue weighted by Gasteiger charge is -2.23. The van der Waals surface area contributed by atoms with Crippen LogP contribution >= 0.6 is 0 Å². The molecular weight excluding hydrogens is 410 g/mol. The van der Waals surface area contributed by atoms with Crippen molar-refractivity contribution in [1.29, 1.82) is 0 Å². The second-order valence-corrected chi connectivity index (χ2v) is 6.99. The summed E-state index contributed by atoms with van der Waals surface area (Å²) in [5, 5.41) is 9.66. The highest BCUT2D eigenvalue weighted by Gasteiger charge is 2.27. The van der Waals surface area contributed by atoms with Gasteiger partial charge in [-0.1, -0.05) is 6.92 Å². The van der Waals surface area contributed by atoms with Crippen molar-refractivity contribution in [2.45, 2.75) is 38.0 Å². The van der Waals surface area contributed by atoms with E-state index in [-0.39, 0.29) is 32.7 Å². The summed E-state index contributed by atoms with van der Waals surface area (Å²) in [6.45, 7) is 2.04. The summed E-state index contributed by atoms with van der Waals surface area (Å²) in [6, 6.07) is -4.30. The highest BCUT2D eigenvalue weighted by Crippen LogP contribution is 1.95. The van der Waals surface area contributed by atoms with Crippen LogP contribution in [0.15, 0.2) is 0 Å². The minimum Gasteiger partial charge on any atom is -0.352 e. The first kappa shape index (κ1) is 28.4. The van der Waals surface area contributed by atoms with E-state index in [1.807, 2.05) is 0 Å². The van der Waals surface area contributed by atoms with Gasteiger partial charge in [0.05, 0.1) is 6.04 Å². The number of rotatable bonds is 14. The van der Waals surface area contributed by atoms with E-state index in [1.165, 1.54) is 6.92 Å². The smallest absolute Gasteiger partial charge is 0.244 e. The fourth-order valence-corrected chi connectivity index (χ4v) is 2.16. The van der Waals surface area contributed by atoms with Crippen LogP contribution in [0, 0.1) is 5.92 Å². The number of Topliss-reactive ketones (excluding diaryl/α,β-unsaturated/α-hetero) is 1. The van der Waals surface area contributed by atoms with Crippen LogP contribution < -0.4 is 49.9 Å². The number of nitrogens with two attached hydrogens (primary N) is 5. The maximum Gasteiger partial charge on any atom is 0.244 e. The van der Waals surface area contributed by atoms with Crippen LogP contribution in [0.25, 0.3) is 0 Å². The van der Waals surface area contributed by atoms with E-state index in [0.717, 1.165) is 0 Å². The topological polar surface area (TPSA) is 264 Å². The van der Waals surface area contributed by atoms with Gasteiger partial charge in [-0.15, -0.1) is 0 Å². The largest absolute Gasteiger partial charge is 0.352 e. The van der Waals surface area contributed by atoms with Crippen LogP contribution in [-0.2, 0) is 24.0 Å². The van der Waals surface area contributed by atoms with E-state index in [2.05, 4.69) is 21.3 Å². The van der Waals surface area contributed by atoms with Crippen molar-refractivity contribution >= 4 is 29.4 Å². The molecule has 0 heterocycles. The second kappa shape index (κ2) is 14.4. The maximum absolute atomic E-state index is 12.4. The zero-order valence-corrected chi connectivity index (χ0v) is 17.9. The third-order valence-electron chi connectivity index (χ3n) is 4.42. The molecule has 0 saturated heterocycles. The Morgan fingerprint density at radius 1 is 0.677 bits per heavy atom. The molecule has 0 saturated carbocycles. The Morgan fingerprint density at radius 2 is 1.16 bits per heavy atom. The molecule has 5 atom stereocenters. The van der Waals surface area contributed by atoms with Crippen molar-refractivity contribution in [3.05, 3.63) is 0 Å². The summed E-state index contributed by atoms with van der Waals surface area (Å²) in [7, 11) is 0. The molecule has 178 valence electrons. The normalized spacial score (nSPS) is 15.6. The summed E-state index contributed by atoms with van der Waals surface area (Å²) in [4.78, 5) is 60.3. The van der Waals surface area contributed by atoms with Crippen LogP contribution in [0.2, 0.25) is 0 Å². The Labute approximate surface area is 180 Å². The van der Waals surface area contributed by atoms with E-state index in [1.54, 1.807) is 6.92 Å². The molecule has 0 aliphatic rings. The van der Waals surface area contributed by atoms with Gasteiger partial charge in [0.1, 0.15) is 18.1 Å². The number of carbonyl (C=O) groups excluding carboxylic acids is 5. The van der Waals surface area contributed by atoms with Gasteiger partial charge >= 0.3 is 0 Å². The van der Waals surface area contributed by atoms with E-state index in [9.17, 15) is 24.0 Å². The maximum atomic E-state index is 12.4. The quantitative estimate of drug-likeness (QED) is 0.122. The van der Waals surface area contributed by atoms with Gasteiger partial charge in [-0.25, -0.2) is 0 Å². The van der Waals surface area contributed by atoms with Crippen molar-refractivity contribution in [2.75, 3.05) is 32.7 Å². The summed E-state index contributed by atoms with van der Waals surface area (Å²) in [5.41, 5.74) is 27.3. The van der Waals surface area contributed by atoms with Crippen LogP contribution in [0.1, 0.15) is 13.8 Å². The lowest BCUT2D eigenvalue weighted by Crippen LogP contribution is -2.59. The molecule has 14 nitrogen and oxygen atoms in total. The van der Waals surface area contributed by atoms with Crippen LogP contribution in [0.4, 0.5) is 0 Å². The lowest BCUT2D eigenvalue weighted by atomic mass is 10.1. The first-order chi connectivity index (χ1) is 14.5. The van der Waals surface area contributed by atoms with E-state index in [4.69, 9.17) is 28.7 Å². The number of nitrogens with one attached hydrogen (secondary N) is 4. The highest BCUT2D eigenvalue weighted by molar-refractivity contribution is 5.93. The molecular formula is C17H35N9O5. The zero-order valence-electron chi connectivity index (χ0n) is 17.9. The predicted octanol–water partition coefficient (Wildman–Crippen LogP) is -6.06. The van der Waals surface area contributed by atoms with Gasteiger partial charge in [0.2, 0.25) is 23.6 Å². The molecule has 0 fully saturated rings. The molecule has 0 aromatic rings. The van der Waals surface area contributed by atoms with Crippen LogP contribution in [-0.4, -0.2) is 86.3 Å². The molecule has 0 aliphatic heterocycles. The molecule has 5 unspecified atom stereocenters. The molecule has 14 heteroatoms. The first-order valence-corrected chi connectivity index (χ1v) is 9.77. The Kier molecular flexibility index (Phi) is 13.1. The molecule has 0 aromatic carbocycles. The number of hydrogen-bond donors (Lipinski definition) is 9. The molecule has 0 radical (unpaired) electrons. The van der Waals surface area contributed by atoms with Crippen LogP contribution in [0.3, 0.4) is 0 Å². The summed E-state index contributed by atoms with van der Waals surface area (Å²) >= 11 is 0. The SMILES string of the molecule is CC(=O)C(CNC(=O)C(CN)NC(=O)C(N)CN)NC(=O)C(CN)NC(=O)C(C)CN. The van der Waals surface area contributed by atoms with E-state index in [0.29, 0.717) is 0 Å². The molecule has 31 heavy (non-hydrogen) atoms. The summed E-state index contributed by atoms with van der Waals surface area (Å²) < 4.78 is 0. The zero-order chi connectivity index (χ0) is 24.1. The molecule has 0 bridgehead atoms. The van der Waals surface area contributed by atoms with Crippen molar-refractivity contribution in [3.8, 4) is 0 Å². The van der Waals surface area contributed by atoms with Gasteiger partial charge in [0, 0.05) is 38.6 Å². The van der Waals surface area contributed by atoms with Crippen molar-refractivity contribution in [2.24, 2.45) is 34.6 Å². The molecule has 0 spiro atoms. The van der Waals surface area contributed by atoms with Gasteiger partial charge in [-0.05, 0) is 6.92 Å². The fourth-order valence-electron chi connectivity index (χ4n) is 2.16. The van der Waals surface area contributed by atoms with E-state index >= 15 is 0 Å². The number of hydrogen-bond acceptors (Lipinski definition) is 10. The third-order valence-corrected chi connectivity index (χ3v) is 4.42. The summed E-state index contributed by atoms with van der Waals surface area (Å²) in [5.74, 6) is -3.48. The fraction of sp³-hybridized carbons (Fsp3) is 0.706. The van der Waals surface area contributed by atoms with Gasteiger partial charge < -0.3 is 49.9 Å². The lowest BCUT2D eigenvalue weighted by molar-refractivity contribution is -0.132. The molecule has 0 rings (SSSR count). The Balaban J connectivity index is 4.96. The Morgan fingerprint density at radius 3 is 1.61 bits per heavy atom. The number of amides is 4. The van der Waals surface area contributed by atoms with E-state index < -0.39 is 59.5 Å². The number of carbonyl (C=O) groups is 5. The first-order valence-electron chi connectivity index (χ1n) is 9.77. The van der Waals surface area contributed by atoms with Gasteiger partial charge in [-0.3, -0.25) is 24.0 Å². The minimum atomic E-state index is -1.11. The van der Waals surface area contributed by atoms with Crippen molar-refractivity contribution in [1.82, 2.24) is 21.3 Å². The van der Waals surface area contributed by atoms with Crippen LogP contribution in [0.5, 0.6) is 0 Å². The van der Waals surface area contributed by atoms with Crippen molar-refractivity contribution < 1.29 is 24.0 Å². The standard InChI is InChI=1S/C17H35N9O5/c1-8(3-18)14(28)24-12(6-21)17(31)26-13(9(2)27)7-23-16(30)11(5-20)25-15(29)10(22)4-19/h8,10-13H,3-7,18-22H2,1-2H3,(H,23,30)(H,24,28)(H,25,29)(H,26,31). The summed E-state index contributed by atoms with van der Waals surface area (Å²) in [6.07, 6.45) is 0. The molecule has 0 aromatic heterocycles. The molecule has 14 N–H and O–H groups in total. The highest BCUT2D eigenvalue weighted by atomic mass is 16.2. The Bertz CT molecular complexity index is 645. The Hall–Kier alpha value is -2.65. The van der Waals surface area contributed by atoms with Gasteiger partial charge in [0.25, 0.3) is 0 Å².